The topological polar surface area (TPSA) is 129 Å². The second kappa shape index (κ2) is 15.6. The maximum atomic E-state index is 14.2. The van der Waals surface area contributed by atoms with Gasteiger partial charge in [-0.05, 0) is 55.3 Å². The van der Waals surface area contributed by atoms with Crippen molar-refractivity contribution in [1.82, 2.24) is 14.5 Å². The summed E-state index contributed by atoms with van der Waals surface area (Å²) in [5.74, 6) is -2.21. The van der Waals surface area contributed by atoms with Gasteiger partial charge in [0.2, 0.25) is 11.8 Å². The first-order chi connectivity index (χ1) is 20.6. The van der Waals surface area contributed by atoms with Gasteiger partial charge in [-0.15, -0.1) is 0 Å². The molecule has 2 aromatic carbocycles. The van der Waals surface area contributed by atoms with Crippen molar-refractivity contribution in [2.45, 2.75) is 52.9 Å². The molecule has 0 unspecified atom stereocenters. The number of allylic oxidation sites excluding steroid dienone is 4. The molecule has 4 aromatic rings. The van der Waals surface area contributed by atoms with Gasteiger partial charge in [-0.3, -0.25) is 9.52 Å². The summed E-state index contributed by atoms with van der Waals surface area (Å²) in [4.78, 5) is 21.3. The van der Waals surface area contributed by atoms with Crippen LogP contribution in [0.4, 0.5) is 20.4 Å². The Hall–Kier alpha value is -4.58. The number of benzene rings is 2. The van der Waals surface area contributed by atoms with Gasteiger partial charge in [-0.2, -0.15) is 0 Å². The molecule has 0 atom stereocenters. The monoisotopic (exact) mass is 613 g/mol. The van der Waals surface area contributed by atoms with Gasteiger partial charge in [0.15, 0.2) is 0 Å². The second-order valence-electron chi connectivity index (χ2n) is 8.34. The van der Waals surface area contributed by atoms with E-state index < -0.39 is 26.6 Å². The summed E-state index contributed by atoms with van der Waals surface area (Å²) in [7, 11) is -3.18. The van der Waals surface area contributed by atoms with Crippen LogP contribution in [0.5, 0.6) is 5.88 Å². The molecule has 0 spiro atoms. The van der Waals surface area contributed by atoms with Gasteiger partial charge in [-0.1, -0.05) is 52.8 Å². The Morgan fingerprint density at radius 2 is 1.77 bits per heavy atom. The van der Waals surface area contributed by atoms with Gasteiger partial charge in [-0.25, -0.2) is 31.7 Å². The minimum Gasteiger partial charge on any atom is -0.480 e. The molecular formula is C31H37F2N5O4S. The molecule has 0 fully saturated rings. The molecule has 0 radical (unpaired) electrons. The fraction of sp³-hybridized carbons (Fsp3) is 0.258. The van der Waals surface area contributed by atoms with E-state index in [0.717, 1.165) is 12.1 Å². The number of sulfonamides is 1. The molecule has 2 heterocycles. The standard InChI is InChI=1S/C27H25F2N5O4S.2C2H6/c1-4-6-19(7-5-2)34-26(35)20-12-16(8-10-22(20)32-27(34)30)17-13-23(25(38-3)31-15-17)33-39(36,37)24-11-9-18(28)14-21(24)29;2*1-2/h4,6-15,33H,5H2,1-3H3,(H2,30,32);2*1-2H3/b6-4-,19-7+;;. The van der Waals surface area contributed by atoms with E-state index in [4.69, 9.17) is 10.5 Å². The van der Waals surface area contributed by atoms with Crippen molar-refractivity contribution in [2.24, 2.45) is 0 Å². The van der Waals surface area contributed by atoms with Crippen molar-refractivity contribution < 1.29 is 21.9 Å². The molecule has 0 saturated heterocycles. The highest BCUT2D eigenvalue weighted by molar-refractivity contribution is 7.92. The molecule has 0 amide bonds. The molecule has 230 valence electrons. The molecular weight excluding hydrogens is 576 g/mol. The number of nitrogens with zero attached hydrogens (tertiary/aromatic N) is 3. The third-order valence-corrected chi connectivity index (χ3v) is 7.11. The first-order valence-corrected chi connectivity index (χ1v) is 15.3. The van der Waals surface area contributed by atoms with E-state index in [1.807, 2.05) is 47.6 Å². The van der Waals surface area contributed by atoms with E-state index in [0.29, 0.717) is 34.8 Å². The molecule has 4 rings (SSSR count). The molecule has 0 aliphatic carbocycles. The van der Waals surface area contributed by atoms with Crippen molar-refractivity contribution in [3.05, 3.63) is 88.9 Å². The van der Waals surface area contributed by atoms with Crippen LogP contribution in [0, 0.1) is 11.6 Å². The molecule has 12 heteroatoms. The number of ether oxygens (including phenoxy) is 1. The van der Waals surface area contributed by atoms with Gasteiger partial charge in [0.25, 0.3) is 15.6 Å². The van der Waals surface area contributed by atoms with Gasteiger partial charge in [0.05, 0.1) is 18.0 Å². The van der Waals surface area contributed by atoms with Crippen molar-refractivity contribution in [1.29, 1.82) is 0 Å². The highest BCUT2D eigenvalue weighted by Crippen LogP contribution is 2.31. The second-order valence-corrected chi connectivity index (χ2v) is 9.99. The summed E-state index contributed by atoms with van der Waals surface area (Å²) in [5, 5.41) is 0.277. The number of nitrogens with two attached hydrogens (primary N) is 1. The van der Waals surface area contributed by atoms with Gasteiger partial charge < -0.3 is 10.5 Å². The van der Waals surface area contributed by atoms with Crippen LogP contribution in [0.15, 0.2) is 76.6 Å². The molecule has 0 aliphatic heterocycles. The Morgan fingerprint density at radius 3 is 2.37 bits per heavy atom. The van der Waals surface area contributed by atoms with Crippen LogP contribution in [0.1, 0.15) is 48.0 Å². The number of anilines is 2. The number of nitrogen functional groups attached to an aromatic ring is 1. The Morgan fingerprint density at radius 1 is 1.07 bits per heavy atom. The normalized spacial score (nSPS) is 11.4. The highest BCUT2D eigenvalue weighted by Gasteiger charge is 2.22. The van der Waals surface area contributed by atoms with Crippen LogP contribution in [-0.2, 0) is 10.0 Å². The lowest BCUT2D eigenvalue weighted by Crippen LogP contribution is -2.23. The number of rotatable bonds is 8. The maximum Gasteiger partial charge on any atom is 0.267 e. The third-order valence-electron chi connectivity index (χ3n) is 5.71. The highest BCUT2D eigenvalue weighted by atomic mass is 32.2. The number of aromatic nitrogens is 3. The lowest BCUT2D eigenvalue weighted by atomic mass is 10.0. The van der Waals surface area contributed by atoms with Gasteiger partial charge in [0.1, 0.15) is 22.2 Å². The number of fused-ring (bicyclic) bond motifs is 1. The summed E-state index contributed by atoms with van der Waals surface area (Å²) in [6.07, 6.45) is 7.50. The molecule has 9 nitrogen and oxygen atoms in total. The Kier molecular flexibility index (Phi) is 12.6. The van der Waals surface area contributed by atoms with E-state index in [9.17, 15) is 22.0 Å². The van der Waals surface area contributed by atoms with E-state index in [1.165, 1.54) is 23.9 Å². The van der Waals surface area contributed by atoms with Gasteiger partial charge in [0, 0.05) is 23.5 Å². The van der Waals surface area contributed by atoms with E-state index in [1.54, 1.807) is 30.4 Å². The third kappa shape index (κ3) is 7.83. The van der Waals surface area contributed by atoms with Crippen LogP contribution in [0.2, 0.25) is 0 Å². The number of methoxy groups -OCH3 is 1. The van der Waals surface area contributed by atoms with E-state index in [2.05, 4.69) is 14.7 Å². The first-order valence-electron chi connectivity index (χ1n) is 13.8. The lowest BCUT2D eigenvalue weighted by Gasteiger charge is -2.14. The zero-order chi connectivity index (χ0) is 32.3. The lowest BCUT2D eigenvalue weighted by molar-refractivity contribution is 0.400. The van der Waals surface area contributed by atoms with E-state index in [-0.39, 0.29) is 28.5 Å². The van der Waals surface area contributed by atoms with Crippen LogP contribution >= 0.6 is 0 Å². The van der Waals surface area contributed by atoms with Gasteiger partial charge >= 0.3 is 0 Å². The molecule has 0 saturated carbocycles. The minimum atomic E-state index is -4.47. The minimum absolute atomic E-state index is 0.0360. The fourth-order valence-corrected chi connectivity index (χ4v) is 5.09. The molecule has 0 aliphatic rings. The van der Waals surface area contributed by atoms with Crippen LogP contribution < -0.4 is 20.8 Å². The van der Waals surface area contributed by atoms with E-state index >= 15 is 0 Å². The summed E-state index contributed by atoms with van der Waals surface area (Å²) in [6, 6.07) is 8.45. The van der Waals surface area contributed by atoms with Crippen molar-refractivity contribution in [2.75, 3.05) is 17.6 Å². The zero-order valence-electron chi connectivity index (χ0n) is 25.3. The number of nitrogens with one attached hydrogen (secondary N) is 1. The SMILES string of the molecule is C/C=C\C(=C/CC)n1c(N)nc2ccc(-c3cnc(OC)c(NS(=O)(=O)c4ccc(F)cc4F)c3)cc2c1=O.CC.CC. The first kappa shape index (κ1) is 34.6. The van der Waals surface area contributed by atoms with Crippen molar-refractivity contribution in [3.8, 4) is 17.0 Å². The van der Waals surface area contributed by atoms with Crippen molar-refractivity contribution in [3.63, 3.8) is 0 Å². The molecule has 3 N–H and O–H groups in total. The number of halogens is 2. The Labute approximate surface area is 250 Å². The number of hydrogen-bond acceptors (Lipinski definition) is 7. The summed E-state index contributed by atoms with van der Waals surface area (Å²) in [6.45, 7) is 11.8. The summed E-state index contributed by atoms with van der Waals surface area (Å²) < 4.78 is 62.0. The molecule has 2 aromatic heterocycles. The molecule has 0 bridgehead atoms. The number of pyridine rings is 1. The zero-order valence-corrected chi connectivity index (χ0v) is 26.1. The maximum absolute atomic E-state index is 14.2. The number of hydrogen-bond donors (Lipinski definition) is 2. The van der Waals surface area contributed by atoms with Crippen LogP contribution in [0.25, 0.3) is 27.7 Å². The summed E-state index contributed by atoms with van der Waals surface area (Å²) >= 11 is 0. The smallest absolute Gasteiger partial charge is 0.267 e. The average Bonchev–Trinajstić information content (AvgIpc) is 2.99. The predicted molar refractivity (Wildman–Crippen MR) is 169 cm³/mol. The van der Waals surface area contributed by atoms with Crippen molar-refractivity contribution >= 4 is 38.3 Å². The average molecular weight is 614 g/mol. The molecule has 43 heavy (non-hydrogen) atoms. The van der Waals surface area contributed by atoms with Crippen LogP contribution in [-0.4, -0.2) is 30.1 Å². The largest absolute Gasteiger partial charge is 0.480 e. The predicted octanol–water partition coefficient (Wildman–Crippen LogP) is 7.01. The fourth-order valence-electron chi connectivity index (χ4n) is 3.98. The Bertz CT molecular complexity index is 1800. The summed E-state index contributed by atoms with van der Waals surface area (Å²) in [5.41, 5.74) is 7.55. The Balaban J connectivity index is 0.00000155. The van der Waals surface area contributed by atoms with Crippen LogP contribution in [0.3, 0.4) is 0 Å². The quantitative estimate of drug-likeness (QED) is 0.205.